The van der Waals surface area contributed by atoms with E-state index in [2.05, 4.69) is 15.2 Å². The Bertz CT molecular complexity index is 611. The second-order valence-electron chi connectivity index (χ2n) is 5.32. The zero-order valence-electron chi connectivity index (χ0n) is 13.6. The van der Waals surface area contributed by atoms with Gasteiger partial charge in [-0.2, -0.15) is 0 Å². The number of hydrogen-bond donors (Lipinski definition) is 2. The van der Waals surface area contributed by atoms with Crippen LogP contribution < -0.4 is 20.7 Å². The number of nitrogens with one attached hydrogen (secondary N) is 1. The van der Waals surface area contributed by atoms with Gasteiger partial charge < -0.3 is 25.6 Å². The van der Waals surface area contributed by atoms with Gasteiger partial charge in [-0.3, -0.25) is 15.1 Å². The summed E-state index contributed by atoms with van der Waals surface area (Å²) in [7, 11) is 5.08. The summed E-state index contributed by atoms with van der Waals surface area (Å²) >= 11 is 0. The number of nitrogens with zero attached hydrogens (tertiary/aromatic N) is 4. The van der Waals surface area contributed by atoms with Gasteiger partial charge in [0.2, 0.25) is 0 Å². The highest BCUT2D eigenvalue weighted by Crippen LogP contribution is 2.38. The molecule has 3 N–H and O–H groups in total. The molecular weight excluding hydrogens is 300 g/mol. The number of anilines is 2. The standard InChI is InChI=1S/C14H22N6O3/c1-16-14(15)17-10-8-12(20(21)22)11(9-13(10)23-3)19-6-4-18(2)5-7-19/h8-9H,4-7H2,1-3H3,(H3,15,16,17). The van der Waals surface area contributed by atoms with Gasteiger partial charge in [-0.1, -0.05) is 0 Å². The van der Waals surface area contributed by atoms with E-state index in [1.807, 2.05) is 11.9 Å². The van der Waals surface area contributed by atoms with Crippen molar-refractivity contribution in [3.05, 3.63) is 22.2 Å². The first-order valence-corrected chi connectivity index (χ1v) is 7.25. The smallest absolute Gasteiger partial charge is 0.294 e. The number of aliphatic imine (C=N–C) groups is 1. The molecule has 23 heavy (non-hydrogen) atoms. The number of methoxy groups -OCH3 is 1. The molecule has 1 aliphatic rings. The number of likely N-dealkylation sites (N-methyl/N-ethyl adjacent to an activating group) is 1. The van der Waals surface area contributed by atoms with E-state index in [1.54, 1.807) is 6.07 Å². The van der Waals surface area contributed by atoms with E-state index in [0.717, 1.165) is 26.2 Å². The lowest BCUT2D eigenvalue weighted by molar-refractivity contribution is -0.384. The maximum Gasteiger partial charge on any atom is 0.294 e. The molecule has 0 bridgehead atoms. The van der Waals surface area contributed by atoms with Crippen molar-refractivity contribution in [1.29, 1.82) is 0 Å². The second-order valence-corrected chi connectivity index (χ2v) is 5.32. The minimum Gasteiger partial charge on any atom is -0.494 e. The number of benzene rings is 1. The number of nitro groups is 1. The van der Waals surface area contributed by atoms with Crippen LogP contribution in [0, 0.1) is 10.1 Å². The molecule has 0 amide bonds. The fourth-order valence-corrected chi connectivity index (χ4v) is 2.46. The van der Waals surface area contributed by atoms with Gasteiger partial charge in [-0.15, -0.1) is 0 Å². The van der Waals surface area contributed by atoms with Gasteiger partial charge in [0.05, 0.1) is 17.7 Å². The van der Waals surface area contributed by atoms with Crippen molar-refractivity contribution in [1.82, 2.24) is 4.90 Å². The minimum atomic E-state index is -0.391. The summed E-state index contributed by atoms with van der Waals surface area (Å²) in [5, 5.41) is 14.3. The molecule has 0 spiro atoms. The lowest BCUT2D eigenvalue weighted by atomic mass is 10.1. The number of guanidine groups is 1. The summed E-state index contributed by atoms with van der Waals surface area (Å²) in [4.78, 5) is 19.1. The Balaban J connectivity index is 2.43. The van der Waals surface area contributed by atoms with Crippen LogP contribution >= 0.6 is 0 Å². The van der Waals surface area contributed by atoms with Gasteiger partial charge in [-0.05, 0) is 7.05 Å². The van der Waals surface area contributed by atoms with E-state index in [-0.39, 0.29) is 11.6 Å². The first kappa shape index (κ1) is 16.8. The Morgan fingerprint density at radius 1 is 1.39 bits per heavy atom. The largest absolute Gasteiger partial charge is 0.494 e. The number of hydrogen-bond acceptors (Lipinski definition) is 6. The first-order valence-electron chi connectivity index (χ1n) is 7.25. The van der Waals surface area contributed by atoms with Crippen molar-refractivity contribution < 1.29 is 9.66 Å². The van der Waals surface area contributed by atoms with E-state index in [9.17, 15) is 10.1 Å². The SMILES string of the molecule is CN=C(N)Nc1cc([N+](=O)[O-])c(N2CCN(C)CC2)cc1OC. The number of nitrogens with two attached hydrogens (primary N) is 1. The molecule has 1 aromatic carbocycles. The molecule has 126 valence electrons. The van der Waals surface area contributed by atoms with Crippen molar-refractivity contribution in [2.75, 3.05) is 57.6 Å². The highest BCUT2D eigenvalue weighted by molar-refractivity contribution is 5.95. The Morgan fingerprint density at radius 3 is 2.57 bits per heavy atom. The second kappa shape index (κ2) is 7.14. The lowest BCUT2D eigenvalue weighted by Crippen LogP contribution is -2.44. The van der Waals surface area contributed by atoms with Gasteiger partial charge in [-0.25, -0.2) is 0 Å². The zero-order valence-corrected chi connectivity index (χ0v) is 13.6. The van der Waals surface area contributed by atoms with E-state index >= 15 is 0 Å². The van der Waals surface area contributed by atoms with E-state index in [0.29, 0.717) is 17.1 Å². The third-order valence-electron chi connectivity index (χ3n) is 3.84. The predicted molar refractivity (Wildman–Crippen MR) is 90.5 cm³/mol. The van der Waals surface area contributed by atoms with Crippen LogP contribution in [0.4, 0.5) is 17.1 Å². The predicted octanol–water partition coefficient (Wildman–Crippen LogP) is 0.712. The molecule has 9 nitrogen and oxygen atoms in total. The summed E-state index contributed by atoms with van der Waals surface area (Å²) < 4.78 is 5.35. The molecule has 1 heterocycles. The third-order valence-corrected chi connectivity index (χ3v) is 3.84. The van der Waals surface area contributed by atoms with Crippen LogP contribution in [0.5, 0.6) is 5.75 Å². The number of piperazine rings is 1. The molecule has 1 saturated heterocycles. The molecule has 1 aromatic rings. The molecule has 0 aliphatic carbocycles. The molecule has 2 rings (SSSR count). The van der Waals surface area contributed by atoms with Crippen LogP contribution in [0.25, 0.3) is 0 Å². The fourth-order valence-electron chi connectivity index (χ4n) is 2.46. The van der Waals surface area contributed by atoms with Crippen molar-refractivity contribution >= 4 is 23.0 Å². The average molecular weight is 322 g/mol. The average Bonchev–Trinajstić information content (AvgIpc) is 2.55. The first-order chi connectivity index (χ1) is 11.0. The Labute approximate surface area is 134 Å². The molecule has 1 fully saturated rings. The Kier molecular flexibility index (Phi) is 5.22. The number of ether oxygens (including phenoxy) is 1. The zero-order chi connectivity index (χ0) is 17.0. The lowest BCUT2D eigenvalue weighted by Gasteiger charge is -2.34. The highest BCUT2D eigenvalue weighted by Gasteiger charge is 2.25. The molecule has 1 aliphatic heterocycles. The van der Waals surface area contributed by atoms with E-state index < -0.39 is 4.92 Å². The monoisotopic (exact) mass is 322 g/mol. The van der Waals surface area contributed by atoms with Crippen LogP contribution in [0.3, 0.4) is 0 Å². The molecule has 9 heteroatoms. The molecule has 0 radical (unpaired) electrons. The fraction of sp³-hybridized carbons (Fsp3) is 0.500. The van der Waals surface area contributed by atoms with Crippen LogP contribution in [0.2, 0.25) is 0 Å². The van der Waals surface area contributed by atoms with Gasteiger partial charge in [0.1, 0.15) is 11.4 Å². The van der Waals surface area contributed by atoms with E-state index in [1.165, 1.54) is 20.2 Å². The van der Waals surface area contributed by atoms with Crippen molar-refractivity contribution in [3.8, 4) is 5.75 Å². The van der Waals surface area contributed by atoms with Crippen molar-refractivity contribution in [3.63, 3.8) is 0 Å². The number of rotatable bonds is 4. The maximum atomic E-state index is 11.5. The van der Waals surface area contributed by atoms with Gasteiger partial charge in [0, 0.05) is 45.4 Å². The van der Waals surface area contributed by atoms with Crippen molar-refractivity contribution in [2.24, 2.45) is 10.7 Å². The van der Waals surface area contributed by atoms with Gasteiger partial charge in [0.25, 0.3) is 5.69 Å². The summed E-state index contributed by atoms with van der Waals surface area (Å²) in [5.74, 6) is 0.640. The van der Waals surface area contributed by atoms with Crippen LogP contribution in [-0.4, -0.2) is 63.2 Å². The quantitative estimate of drug-likeness (QED) is 0.363. The molecule has 0 aromatic heterocycles. The third kappa shape index (κ3) is 3.81. The molecule has 0 unspecified atom stereocenters. The molecule has 0 atom stereocenters. The minimum absolute atomic E-state index is 0.0155. The van der Waals surface area contributed by atoms with Crippen LogP contribution in [-0.2, 0) is 0 Å². The summed E-state index contributed by atoms with van der Waals surface area (Å²) in [5.41, 5.74) is 6.63. The van der Waals surface area contributed by atoms with Crippen molar-refractivity contribution in [2.45, 2.75) is 0 Å². The van der Waals surface area contributed by atoms with Gasteiger partial charge >= 0.3 is 0 Å². The Hall–Kier alpha value is -2.55. The summed E-state index contributed by atoms with van der Waals surface area (Å²) in [6.07, 6.45) is 0. The Morgan fingerprint density at radius 2 is 2.04 bits per heavy atom. The van der Waals surface area contributed by atoms with Crippen LogP contribution in [0.1, 0.15) is 0 Å². The highest BCUT2D eigenvalue weighted by atomic mass is 16.6. The number of nitro benzene ring substituents is 1. The summed E-state index contributed by atoms with van der Waals surface area (Å²) in [6, 6.07) is 3.11. The molecular formula is C14H22N6O3. The maximum absolute atomic E-state index is 11.5. The summed E-state index contributed by atoms with van der Waals surface area (Å²) in [6.45, 7) is 3.17. The van der Waals surface area contributed by atoms with E-state index in [4.69, 9.17) is 10.5 Å². The van der Waals surface area contributed by atoms with Crippen LogP contribution in [0.15, 0.2) is 17.1 Å². The van der Waals surface area contributed by atoms with Gasteiger partial charge in [0.15, 0.2) is 5.96 Å². The normalized spacial score (nSPS) is 16.3. The topological polar surface area (TPSA) is 109 Å². The molecule has 0 saturated carbocycles.